The Morgan fingerprint density at radius 2 is 1.81 bits per heavy atom. The fourth-order valence-electron chi connectivity index (χ4n) is 3.34. The van der Waals surface area contributed by atoms with Crippen LogP contribution in [0.2, 0.25) is 0 Å². The van der Waals surface area contributed by atoms with Crippen molar-refractivity contribution in [3.05, 3.63) is 40.1 Å². The van der Waals surface area contributed by atoms with Crippen LogP contribution in [0.4, 0.5) is 0 Å². The second kappa shape index (κ2) is 8.42. The number of nitrogens with zero attached hydrogens (tertiary/aromatic N) is 1. The second-order valence-corrected chi connectivity index (χ2v) is 7.00. The maximum atomic E-state index is 12.5. The molecule has 0 spiro atoms. The maximum absolute atomic E-state index is 12.5. The molecule has 0 radical (unpaired) electrons. The van der Waals surface area contributed by atoms with Crippen LogP contribution in [0.15, 0.2) is 29.0 Å². The fourth-order valence-corrected chi connectivity index (χ4v) is 3.97. The standard InChI is InChI=1S/C19H24N2O4S/c1-23-16-5-4-14(17(24-2)18(16)25-3)12-20-7-9-21(10-8-20)19(22)15-6-11-26-13-15/h4-6,11,13H,7-10,12H2,1-3H3/p+1. The minimum atomic E-state index is 0.133. The first-order valence-electron chi connectivity index (χ1n) is 8.60. The summed E-state index contributed by atoms with van der Waals surface area (Å²) < 4.78 is 16.4. The van der Waals surface area contributed by atoms with Crippen molar-refractivity contribution in [1.29, 1.82) is 0 Å². The molecule has 0 bridgehead atoms. The Labute approximate surface area is 157 Å². The quantitative estimate of drug-likeness (QED) is 0.825. The lowest BCUT2D eigenvalue weighted by Gasteiger charge is -2.32. The van der Waals surface area contributed by atoms with Gasteiger partial charge < -0.3 is 24.0 Å². The molecular formula is C19H25N2O4S+. The third kappa shape index (κ3) is 3.78. The Hall–Kier alpha value is -2.25. The fraction of sp³-hybridized carbons (Fsp3) is 0.421. The minimum Gasteiger partial charge on any atom is -0.493 e. The number of methoxy groups -OCH3 is 3. The lowest BCUT2D eigenvalue weighted by molar-refractivity contribution is -0.917. The summed E-state index contributed by atoms with van der Waals surface area (Å²) >= 11 is 1.56. The summed E-state index contributed by atoms with van der Waals surface area (Å²) in [5.41, 5.74) is 1.87. The number of hydrogen-bond donors (Lipinski definition) is 1. The van der Waals surface area contributed by atoms with Crippen molar-refractivity contribution in [2.45, 2.75) is 6.54 Å². The molecule has 0 saturated carbocycles. The number of thiophene rings is 1. The topological polar surface area (TPSA) is 52.4 Å². The molecule has 140 valence electrons. The predicted molar refractivity (Wildman–Crippen MR) is 101 cm³/mol. The molecule has 1 amide bonds. The molecule has 0 atom stereocenters. The Balaban J connectivity index is 1.65. The predicted octanol–water partition coefficient (Wildman–Crippen LogP) is 1.31. The number of amides is 1. The molecule has 1 N–H and O–H groups in total. The summed E-state index contributed by atoms with van der Waals surface area (Å²) in [6, 6.07) is 5.82. The molecule has 3 rings (SSSR count). The van der Waals surface area contributed by atoms with Crippen LogP contribution in [-0.4, -0.2) is 58.3 Å². The molecule has 1 aliphatic rings. The zero-order chi connectivity index (χ0) is 18.5. The van der Waals surface area contributed by atoms with E-state index in [1.54, 1.807) is 32.7 Å². The van der Waals surface area contributed by atoms with Crippen molar-refractivity contribution in [2.75, 3.05) is 47.5 Å². The largest absolute Gasteiger partial charge is 0.493 e. The first kappa shape index (κ1) is 18.5. The van der Waals surface area contributed by atoms with E-state index >= 15 is 0 Å². The highest BCUT2D eigenvalue weighted by atomic mass is 32.1. The summed E-state index contributed by atoms with van der Waals surface area (Å²) in [5.74, 6) is 2.14. The third-order valence-electron chi connectivity index (χ3n) is 4.75. The van der Waals surface area contributed by atoms with E-state index < -0.39 is 0 Å². The van der Waals surface area contributed by atoms with Gasteiger partial charge in [0.25, 0.3) is 5.91 Å². The summed E-state index contributed by atoms with van der Waals surface area (Å²) in [4.78, 5) is 15.8. The minimum absolute atomic E-state index is 0.133. The Bertz CT molecular complexity index is 740. The van der Waals surface area contributed by atoms with Crippen LogP contribution in [0.3, 0.4) is 0 Å². The normalized spacial score (nSPS) is 15.0. The monoisotopic (exact) mass is 377 g/mol. The van der Waals surface area contributed by atoms with Gasteiger partial charge in [-0.1, -0.05) is 0 Å². The number of benzene rings is 1. The molecule has 26 heavy (non-hydrogen) atoms. The number of carbonyl (C=O) groups excluding carboxylic acids is 1. The van der Waals surface area contributed by atoms with Gasteiger partial charge in [0.05, 0.1) is 58.6 Å². The van der Waals surface area contributed by atoms with Gasteiger partial charge in [-0.15, -0.1) is 0 Å². The summed E-state index contributed by atoms with van der Waals surface area (Å²) in [7, 11) is 4.88. The highest BCUT2D eigenvalue weighted by molar-refractivity contribution is 7.08. The highest BCUT2D eigenvalue weighted by Crippen LogP contribution is 2.39. The number of hydrogen-bond acceptors (Lipinski definition) is 5. The molecule has 6 nitrogen and oxygen atoms in total. The van der Waals surface area contributed by atoms with Gasteiger partial charge in [0.2, 0.25) is 5.75 Å². The SMILES string of the molecule is COc1ccc(C[NH+]2CCN(C(=O)c3ccsc3)CC2)c(OC)c1OC. The van der Waals surface area contributed by atoms with E-state index in [2.05, 4.69) is 0 Å². The highest BCUT2D eigenvalue weighted by Gasteiger charge is 2.26. The summed E-state index contributed by atoms with van der Waals surface area (Å²) in [6.45, 7) is 4.17. The van der Waals surface area contributed by atoms with Crippen LogP contribution in [0.25, 0.3) is 0 Å². The van der Waals surface area contributed by atoms with Crippen LogP contribution in [-0.2, 0) is 6.54 Å². The van der Waals surface area contributed by atoms with Gasteiger partial charge in [-0.25, -0.2) is 0 Å². The van der Waals surface area contributed by atoms with E-state index in [1.165, 1.54) is 4.90 Å². The van der Waals surface area contributed by atoms with E-state index in [-0.39, 0.29) is 5.91 Å². The number of carbonyl (C=O) groups is 1. The molecule has 1 fully saturated rings. The van der Waals surface area contributed by atoms with E-state index in [0.29, 0.717) is 11.5 Å². The van der Waals surface area contributed by atoms with Crippen LogP contribution in [0.5, 0.6) is 17.2 Å². The zero-order valence-corrected chi connectivity index (χ0v) is 16.2. The molecular weight excluding hydrogens is 352 g/mol. The number of ether oxygens (including phenoxy) is 3. The van der Waals surface area contributed by atoms with Gasteiger partial charge in [0.15, 0.2) is 11.5 Å². The molecule has 0 aliphatic carbocycles. The van der Waals surface area contributed by atoms with Crippen molar-refractivity contribution in [2.24, 2.45) is 0 Å². The number of quaternary nitrogens is 1. The number of nitrogens with one attached hydrogen (secondary N) is 1. The van der Waals surface area contributed by atoms with Gasteiger partial charge in [-0.2, -0.15) is 11.3 Å². The van der Waals surface area contributed by atoms with Crippen LogP contribution < -0.4 is 19.1 Å². The number of piperazine rings is 1. The average molecular weight is 377 g/mol. The molecule has 1 saturated heterocycles. The maximum Gasteiger partial charge on any atom is 0.255 e. The summed E-state index contributed by atoms with van der Waals surface area (Å²) in [6.07, 6.45) is 0. The molecule has 7 heteroatoms. The Kier molecular flexibility index (Phi) is 6.00. The van der Waals surface area contributed by atoms with Crippen LogP contribution >= 0.6 is 11.3 Å². The first-order valence-corrected chi connectivity index (χ1v) is 9.55. The van der Waals surface area contributed by atoms with Gasteiger partial charge >= 0.3 is 0 Å². The molecule has 1 aliphatic heterocycles. The third-order valence-corrected chi connectivity index (χ3v) is 5.44. The van der Waals surface area contributed by atoms with E-state index in [4.69, 9.17) is 14.2 Å². The molecule has 1 aromatic heterocycles. The lowest BCUT2D eigenvalue weighted by atomic mass is 10.1. The van der Waals surface area contributed by atoms with Gasteiger partial charge in [0, 0.05) is 5.38 Å². The summed E-state index contributed by atoms with van der Waals surface area (Å²) in [5, 5.41) is 3.86. The zero-order valence-electron chi connectivity index (χ0n) is 15.4. The van der Waals surface area contributed by atoms with Crippen molar-refractivity contribution in [3.8, 4) is 17.2 Å². The van der Waals surface area contributed by atoms with Crippen molar-refractivity contribution in [1.82, 2.24) is 4.90 Å². The van der Waals surface area contributed by atoms with Crippen molar-refractivity contribution >= 4 is 17.2 Å². The van der Waals surface area contributed by atoms with E-state index in [0.717, 1.165) is 49.6 Å². The first-order chi connectivity index (χ1) is 12.7. The Morgan fingerprint density at radius 3 is 2.38 bits per heavy atom. The molecule has 2 aromatic rings. The smallest absolute Gasteiger partial charge is 0.255 e. The molecule has 1 aromatic carbocycles. The molecule has 0 unspecified atom stereocenters. The second-order valence-electron chi connectivity index (χ2n) is 6.22. The average Bonchev–Trinajstić information content (AvgIpc) is 3.22. The van der Waals surface area contributed by atoms with Crippen molar-refractivity contribution < 1.29 is 23.9 Å². The Morgan fingerprint density at radius 1 is 1.08 bits per heavy atom. The van der Waals surface area contributed by atoms with Gasteiger partial charge in [-0.05, 0) is 23.6 Å². The van der Waals surface area contributed by atoms with Crippen LogP contribution in [0, 0.1) is 0 Å². The number of rotatable bonds is 6. The van der Waals surface area contributed by atoms with E-state index in [1.807, 2.05) is 33.9 Å². The van der Waals surface area contributed by atoms with E-state index in [9.17, 15) is 4.79 Å². The van der Waals surface area contributed by atoms with Crippen LogP contribution in [0.1, 0.15) is 15.9 Å². The molecule has 2 heterocycles. The lowest BCUT2D eigenvalue weighted by Crippen LogP contribution is -3.13. The van der Waals surface area contributed by atoms with Gasteiger partial charge in [-0.3, -0.25) is 4.79 Å². The van der Waals surface area contributed by atoms with Crippen molar-refractivity contribution in [3.63, 3.8) is 0 Å². The van der Waals surface area contributed by atoms with Gasteiger partial charge in [0.1, 0.15) is 6.54 Å².